The maximum atomic E-state index is 12.7. The lowest BCUT2D eigenvalue weighted by Gasteiger charge is -2.07. The van der Waals surface area contributed by atoms with Gasteiger partial charge in [0.1, 0.15) is 29.6 Å². The molecule has 0 aliphatic carbocycles. The molecule has 0 radical (unpaired) electrons. The maximum Gasteiger partial charge on any atom is 0.291 e. The second kappa shape index (κ2) is 9.19. The first-order chi connectivity index (χ1) is 15.9. The van der Waals surface area contributed by atoms with Crippen LogP contribution in [0.25, 0.3) is 22.6 Å². The lowest BCUT2D eigenvalue weighted by molar-refractivity contribution is -0.384. The van der Waals surface area contributed by atoms with Crippen LogP contribution in [0.1, 0.15) is 16.3 Å². The molecule has 0 saturated carbocycles. The van der Waals surface area contributed by atoms with Crippen molar-refractivity contribution in [1.29, 1.82) is 0 Å². The monoisotopic (exact) mass is 468 g/mol. The van der Waals surface area contributed by atoms with E-state index in [9.17, 15) is 20.0 Å². The molecule has 0 aliphatic heterocycles. The summed E-state index contributed by atoms with van der Waals surface area (Å²) in [5.74, 6) is 0.724. The average molecular weight is 469 g/mol. The van der Waals surface area contributed by atoms with Crippen LogP contribution in [-0.2, 0) is 6.61 Å². The molecule has 0 fully saturated rings. The van der Waals surface area contributed by atoms with Crippen LogP contribution in [0, 0.1) is 10.1 Å². The van der Waals surface area contributed by atoms with Crippen molar-refractivity contribution >= 4 is 28.9 Å². The summed E-state index contributed by atoms with van der Waals surface area (Å²) in [6.45, 7) is -0.249. The van der Waals surface area contributed by atoms with Gasteiger partial charge < -0.3 is 24.0 Å². The molecule has 2 aromatic carbocycles. The van der Waals surface area contributed by atoms with Crippen molar-refractivity contribution in [3.8, 4) is 28.4 Å². The number of nitrogens with zero attached hydrogens (tertiary/aromatic N) is 1. The Bertz CT molecular complexity index is 1340. The zero-order valence-electron chi connectivity index (χ0n) is 17.2. The zero-order chi connectivity index (χ0) is 23.5. The number of amides is 1. The zero-order valence-corrected chi connectivity index (χ0v) is 18.0. The highest BCUT2D eigenvalue weighted by atomic mass is 35.5. The summed E-state index contributed by atoms with van der Waals surface area (Å²) in [5.41, 5.74) is 0.961. The van der Waals surface area contributed by atoms with Gasteiger partial charge in [0.2, 0.25) is 0 Å². The van der Waals surface area contributed by atoms with Gasteiger partial charge in [-0.05, 0) is 54.6 Å². The fourth-order valence-corrected chi connectivity index (χ4v) is 3.41. The van der Waals surface area contributed by atoms with Gasteiger partial charge >= 0.3 is 0 Å². The van der Waals surface area contributed by atoms with Crippen LogP contribution in [0.5, 0.6) is 5.75 Å². The van der Waals surface area contributed by atoms with Crippen molar-refractivity contribution in [2.75, 3.05) is 12.4 Å². The third-order valence-corrected chi connectivity index (χ3v) is 5.13. The molecule has 168 valence electrons. The molecule has 4 aromatic rings. The number of nitro benzene ring substituents is 1. The SMILES string of the molecule is COc1ccc(-c2ccc(C(=O)Nc3ccc(Cl)c(-c4ccc(CO)o4)c3)o2)c([N+](=O)[O-])c1. The molecule has 2 aromatic heterocycles. The number of aliphatic hydroxyl groups excluding tert-OH is 1. The fraction of sp³-hybridized carbons (Fsp3) is 0.0870. The lowest BCUT2D eigenvalue weighted by Crippen LogP contribution is -2.10. The number of nitro groups is 1. The summed E-state index contributed by atoms with van der Waals surface area (Å²) in [6, 6.07) is 15.4. The lowest BCUT2D eigenvalue weighted by atomic mass is 10.1. The van der Waals surface area contributed by atoms with Gasteiger partial charge in [-0.2, -0.15) is 0 Å². The summed E-state index contributed by atoms with van der Waals surface area (Å²) >= 11 is 6.25. The van der Waals surface area contributed by atoms with Gasteiger partial charge in [0.15, 0.2) is 5.76 Å². The van der Waals surface area contributed by atoms with E-state index in [2.05, 4.69) is 5.32 Å². The van der Waals surface area contributed by atoms with Crippen LogP contribution in [-0.4, -0.2) is 23.0 Å². The number of ether oxygens (including phenoxy) is 1. The number of halogens is 1. The minimum absolute atomic E-state index is 0.0350. The summed E-state index contributed by atoms with van der Waals surface area (Å²) in [6.07, 6.45) is 0. The molecule has 0 unspecified atom stereocenters. The number of anilines is 1. The van der Waals surface area contributed by atoms with E-state index in [0.29, 0.717) is 33.5 Å². The molecule has 0 atom stereocenters. The minimum atomic E-state index is -0.554. The molecule has 2 heterocycles. The standard InChI is InChI=1S/C23H17ClN2O7/c1-31-14-3-5-16(19(11-14)26(29)30)20-8-9-22(33-20)23(28)25-13-2-6-18(24)17(10-13)21-7-4-15(12-27)32-21/h2-11,27H,12H2,1H3,(H,25,28). The van der Waals surface area contributed by atoms with Crippen molar-refractivity contribution in [2.45, 2.75) is 6.61 Å². The van der Waals surface area contributed by atoms with Gasteiger partial charge in [0, 0.05) is 11.3 Å². The second-order valence-corrected chi connectivity index (χ2v) is 7.28. The third kappa shape index (κ3) is 4.59. The number of hydrogen-bond donors (Lipinski definition) is 2. The van der Waals surface area contributed by atoms with Crippen molar-refractivity contribution in [3.05, 3.63) is 87.3 Å². The second-order valence-electron chi connectivity index (χ2n) is 6.88. The molecule has 0 spiro atoms. The first kappa shape index (κ1) is 22.1. The number of benzene rings is 2. The van der Waals surface area contributed by atoms with Crippen LogP contribution in [0.3, 0.4) is 0 Å². The number of carbonyl (C=O) groups is 1. The Morgan fingerprint density at radius 1 is 1.06 bits per heavy atom. The van der Waals surface area contributed by atoms with Crippen LogP contribution >= 0.6 is 11.6 Å². The predicted molar refractivity (Wildman–Crippen MR) is 120 cm³/mol. The molecule has 0 saturated heterocycles. The number of aliphatic hydroxyl groups is 1. The Morgan fingerprint density at radius 2 is 1.82 bits per heavy atom. The highest BCUT2D eigenvalue weighted by Crippen LogP contribution is 2.35. The van der Waals surface area contributed by atoms with E-state index < -0.39 is 10.8 Å². The number of nitrogens with one attached hydrogen (secondary N) is 1. The van der Waals surface area contributed by atoms with Crippen LogP contribution < -0.4 is 10.1 Å². The highest BCUT2D eigenvalue weighted by Gasteiger charge is 2.21. The normalized spacial score (nSPS) is 10.8. The molecule has 10 heteroatoms. The Hall–Kier alpha value is -4.08. The quantitative estimate of drug-likeness (QED) is 0.270. The number of carbonyl (C=O) groups excluding carboxylic acids is 1. The Balaban J connectivity index is 1.58. The van der Waals surface area contributed by atoms with Crippen LogP contribution in [0.15, 0.2) is 69.5 Å². The van der Waals surface area contributed by atoms with Crippen molar-refractivity contribution < 1.29 is 28.4 Å². The van der Waals surface area contributed by atoms with Gasteiger partial charge in [0.25, 0.3) is 11.6 Å². The van der Waals surface area contributed by atoms with Crippen molar-refractivity contribution in [1.82, 2.24) is 0 Å². The van der Waals surface area contributed by atoms with Crippen LogP contribution in [0.4, 0.5) is 11.4 Å². The van der Waals surface area contributed by atoms with Gasteiger partial charge in [-0.1, -0.05) is 11.6 Å². The summed E-state index contributed by atoms with van der Waals surface area (Å²) < 4.78 is 16.1. The number of furan rings is 2. The van der Waals surface area contributed by atoms with E-state index in [1.54, 1.807) is 36.4 Å². The van der Waals surface area contributed by atoms with E-state index in [1.807, 2.05) is 0 Å². The van der Waals surface area contributed by atoms with E-state index >= 15 is 0 Å². The molecule has 4 rings (SSSR count). The third-order valence-electron chi connectivity index (χ3n) is 4.80. The van der Waals surface area contributed by atoms with E-state index in [1.165, 1.54) is 31.4 Å². The van der Waals surface area contributed by atoms with E-state index in [4.69, 9.17) is 25.2 Å². The number of rotatable bonds is 7. The van der Waals surface area contributed by atoms with Gasteiger partial charge in [-0.25, -0.2) is 0 Å². The molecule has 9 nitrogen and oxygen atoms in total. The summed E-state index contributed by atoms with van der Waals surface area (Å²) in [5, 5.41) is 23.7. The summed E-state index contributed by atoms with van der Waals surface area (Å²) in [4.78, 5) is 23.6. The summed E-state index contributed by atoms with van der Waals surface area (Å²) in [7, 11) is 1.41. The molecular weight excluding hydrogens is 452 g/mol. The molecule has 2 N–H and O–H groups in total. The number of hydrogen-bond acceptors (Lipinski definition) is 7. The topological polar surface area (TPSA) is 128 Å². The molecule has 0 bridgehead atoms. The fourth-order valence-electron chi connectivity index (χ4n) is 3.19. The average Bonchev–Trinajstić information content (AvgIpc) is 3.50. The first-order valence-electron chi connectivity index (χ1n) is 9.63. The smallest absolute Gasteiger partial charge is 0.291 e. The molecule has 33 heavy (non-hydrogen) atoms. The molecule has 0 aliphatic rings. The largest absolute Gasteiger partial charge is 0.497 e. The minimum Gasteiger partial charge on any atom is -0.497 e. The number of methoxy groups -OCH3 is 1. The van der Waals surface area contributed by atoms with Gasteiger partial charge in [-0.3, -0.25) is 14.9 Å². The Morgan fingerprint density at radius 3 is 2.52 bits per heavy atom. The molecule has 1 amide bonds. The highest BCUT2D eigenvalue weighted by molar-refractivity contribution is 6.33. The van der Waals surface area contributed by atoms with E-state index in [0.717, 1.165) is 0 Å². The van der Waals surface area contributed by atoms with E-state index in [-0.39, 0.29) is 29.4 Å². The molecular formula is C23H17ClN2O7. The Kier molecular flexibility index (Phi) is 6.16. The van der Waals surface area contributed by atoms with Gasteiger partial charge in [-0.15, -0.1) is 0 Å². The first-order valence-corrected chi connectivity index (χ1v) is 10.0. The van der Waals surface area contributed by atoms with Crippen molar-refractivity contribution in [2.24, 2.45) is 0 Å². The maximum absolute atomic E-state index is 12.7. The van der Waals surface area contributed by atoms with Crippen LogP contribution in [0.2, 0.25) is 5.02 Å². The Labute approximate surface area is 192 Å². The predicted octanol–water partition coefficient (Wildman–Crippen LogP) is 5.52. The van der Waals surface area contributed by atoms with Crippen molar-refractivity contribution in [3.63, 3.8) is 0 Å². The van der Waals surface area contributed by atoms with Gasteiger partial charge in [0.05, 0.1) is 28.7 Å².